The van der Waals surface area contributed by atoms with E-state index < -0.39 is 10.0 Å². The summed E-state index contributed by atoms with van der Waals surface area (Å²) in [7, 11) is -3.43. The Labute approximate surface area is 120 Å². The van der Waals surface area contributed by atoms with E-state index >= 15 is 0 Å². The van der Waals surface area contributed by atoms with E-state index in [2.05, 4.69) is 11.6 Å². The highest BCUT2D eigenvalue weighted by atomic mass is 32.2. The van der Waals surface area contributed by atoms with Crippen LogP contribution in [0, 0.1) is 5.92 Å². The first-order valence-electron chi connectivity index (χ1n) is 6.87. The minimum Gasteiger partial charge on any atom is -0.494 e. The topological polar surface area (TPSA) is 75.6 Å². The number of ether oxygens (including phenoxy) is 1. The Morgan fingerprint density at radius 1 is 1.30 bits per heavy atom. The number of sulfonamides is 1. The van der Waals surface area contributed by atoms with E-state index in [4.69, 9.17) is 9.84 Å². The first kappa shape index (κ1) is 15.3. The molecule has 0 unspecified atom stereocenters. The lowest BCUT2D eigenvalue weighted by Gasteiger charge is -2.32. The summed E-state index contributed by atoms with van der Waals surface area (Å²) < 4.78 is 32.3. The molecule has 2 N–H and O–H groups in total. The Balaban J connectivity index is 1.94. The lowest BCUT2D eigenvalue weighted by molar-refractivity contribution is 0.233. The Morgan fingerprint density at radius 3 is 2.50 bits per heavy atom. The summed E-state index contributed by atoms with van der Waals surface area (Å²) in [4.78, 5) is 0.256. The fraction of sp³-hybridized carbons (Fsp3) is 0.571. The maximum atomic E-state index is 12.1. The average molecular weight is 299 g/mol. The molecular weight excluding hydrogens is 278 g/mol. The van der Waals surface area contributed by atoms with E-state index in [0.717, 1.165) is 12.8 Å². The minimum atomic E-state index is -3.43. The van der Waals surface area contributed by atoms with E-state index in [1.165, 1.54) is 0 Å². The van der Waals surface area contributed by atoms with E-state index in [0.29, 0.717) is 24.7 Å². The fourth-order valence-electron chi connectivity index (χ4n) is 2.26. The fourth-order valence-corrected chi connectivity index (χ4v) is 3.52. The zero-order valence-corrected chi connectivity index (χ0v) is 12.4. The molecule has 0 aliphatic heterocycles. The van der Waals surface area contributed by atoms with Crippen LogP contribution in [-0.4, -0.2) is 32.8 Å². The lowest BCUT2D eigenvalue weighted by Crippen LogP contribution is -2.43. The van der Waals surface area contributed by atoms with Crippen molar-refractivity contribution in [3.05, 3.63) is 24.3 Å². The van der Waals surface area contributed by atoms with E-state index in [9.17, 15) is 8.42 Å². The van der Waals surface area contributed by atoms with Crippen LogP contribution in [0.25, 0.3) is 0 Å². The molecule has 1 saturated carbocycles. The van der Waals surface area contributed by atoms with Gasteiger partial charge in [0.1, 0.15) is 5.75 Å². The zero-order chi connectivity index (χ0) is 14.6. The summed E-state index contributed by atoms with van der Waals surface area (Å²) in [6.45, 7) is 2.61. The summed E-state index contributed by atoms with van der Waals surface area (Å²) in [5, 5.41) is 8.66. The molecule has 1 aromatic carbocycles. The Morgan fingerprint density at radius 2 is 1.95 bits per heavy atom. The molecule has 0 bridgehead atoms. The summed E-state index contributed by atoms with van der Waals surface area (Å²) in [5.41, 5.74) is 0. The third-order valence-electron chi connectivity index (χ3n) is 3.40. The van der Waals surface area contributed by atoms with Crippen LogP contribution < -0.4 is 9.46 Å². The molecule has 1 aliphatic carbocycles. The van der Waals surface area contributed by atoms with Crippen molar-refractivity contribution in [2.75, 3.05) is 13.2 Å². The molecule has 0 aromatic heterocycles. The highest BCUT2D eigenvalue weighted by molar-refractivity contribution is 7.89. The van der Waals surface area contributed by atoms with Gasteiger partial charge in [-0.05, 0) is 43.0 Å². The molecule has 0 saturated heterocycles. The summed E-state index contributed by atoms with van der Waals surface area (Å²) in [5.74, 6) is 1.21. The molecule has 112 valence electrons. The van der Waals surface area contributed by atoms with Gasteiger partial charge in [0.05, 0.1) is 11.5 Å². The summed E-state index contributed by atoms with van der Waals surface area (Å²) in [6.07, 6.45) is 2.37. The van der Waals surface area contributed by atoms with Crippen LogP contribution in [0.3, 0.4) is 0 Å². The second kappa shape index (κ2) is 6.56. The first-order chi connectivity index (χ1) is 9.51. The van der Waals surface area contributed by atoms with Crippen LogP contribution in [-0.2, 0) is 10.0 Å². The minimum absolute atomic E-state index is 0.0653. The summed E-state index contributed by atoms with van der Waals surface area (Å²) >= 11 is 0. The maximum absolute atomic E-state index is 12.1. The quantitative estimate of drug-likeness (QED) is 0.749. The van der Waals surface area contributed by atoms with E-state index in [1.807, 2.05) is 0 Å². The van der Waals surface area contributed by atoms with Crippen LogP contribution in [0.2, 0.25) is 0 Å². The predicted molar refractivity (Wildman–Crippen MR) is 76.1 cm³/mol. The molecule has 6 heteroatoms. The smallest absolute Gasteiger partial charge is 0.240 e. The van der Waals surface area contributed by atoms with Gasteiger partial charge in [-0.2, -0.15) is 0 Å². The van der Waals surface area contributed by atoms with Crippen LogP contribution in [0.4, 0.5) is 0 Å². The number of hydrogen-bond donors (Lipinski definition) is 2. The number of rotatable bonds is 7. The van der Waals surface area contributed by atoms with Gasteiger partial charge in [-0.3, -0.25) is 0 Å². The SMILES string of the molecule is CC1CC(NS(=O)(=O)c2ccc(OCCCO)cc2)C1. The van der Waals surface area contributed by atoms with Gasteiger partial charge in [0, 0.05) is 19.1 Å². The molecule has 1 aromatic rings. The summed E-state index contributed by atoms with van der Waals surface area (Å²) in [6, 6.07) is 6.41. The molecule has 0 spiro atoms. The van der Waals surface area contributed by atoms with Gasteiger partial charge in [0.2, 0.25) is 10.0 Å². The normalized spacial score (nSPS) is 22.3. The van der Waals surface area contributed by atoms with Crippen molar-refractivity contribution in [3.63, 3.8) is 0 Å². The number of benzene rings is 1. The van der Waals surface area contributed by atoms with Crippen LogP contribution in [0.15, 0.2) is 29.2 Å². The second-order valence-corrected chi connectivity index (χ2v) is 7.01. The number of hydrogen-bond acceptors (Lipinski definition) is 4. The Hall–Kier alpha value is -1.11. The van der Waals surface area contributed by atoms with Gasteiger partial charge in [0.15, 0.2) is 0 Å². The molecule has 1 aliphatic rings. The monoisotopic (exact) mass is 299 g/mol. The number of aliphatic hydroxyl groups excluding tert-OH is 1. The van der Waals surface area contributed by atoms with Crippen LogP contribution in [0.1, 0.15) is 26.2 Å². The lowest BCUT2D eigenvalue weighted by atomic mass is 9.83. The van der Waals surface area contributed by atoms with E-state index in [-0.39, 0.29) is 17.5 Å². The highest BCUT2D eigenvalue weighted by Gasteiger charge is 2.29. The van der Waals surface area contributed by atoms with E-state index in [1.54, 1.807) is 24.3 Å². The molecule has 0 amide bonds. The first-order valence-corrected chi connectivity index (χ1v) is 8.35. The maximum Gasteiger partial charge on any atom is 0.240 e. The number of nitrogens with one attached hydrogen (secondary N) is 1. The van der Waals surface area contributed by atoms with Crippen molar-refractivity contribution >= 4 is 10.0 Å². The Bertz CT molecular complexity index is 521. The third kappa shape index (κ3) is 3.94. The predicted octanol–water partition coefficient (Wildman–Crippen LogP) is 1.52. The molecule has 2 rings (SSSR count). The zero-order valence-electron chi connectivity index (χ0n) is 11.6. The van der Waals surface area contributed by atoms with Crippen molar-refractivity contribution in [1.82, 2.24) is 4.72 Å². The molecule has 20 heavy (non-hydrogen) atoms. The van der Waals surface area contributed by atoms with Crippen LogP contribution in [0.5, 0.6) is 5.75 Å². The standard InChI is InChI=1S/C14H21NO4S/c1-11-9-12(10-11)15-20(17,18)14-5-3-13(4-6-14)19-8-2-7-16/h3-6,11-12,15-16H,2,7-10H2,1H3. The van der Waals surface area contributed by atoms with Crippen molar-refractivity contribution in [2.45, 2.75) is 37.1 Å². The number of aliphatic hydroxyl groups is 1. The molecule has 0 heterocycles. The van der Waals surface area contributed by atoms with Crippen molar-refractivity contribution in [1.29, 1.82) is 0 Å². The van der Waals surface area contributed by atoms with Crippen molar-refractivity contribution < 1.29 is 18.3 Å². The molecule has 1 fully saturated rings. The van der Waals surface area contributed by atoms with Crippen molar-refractivity contribution in [2.24, 2.45) is 5.92 Å². The molecule has 5 nitrogen and oxygen atoms in total. The van der Waals surface area contributed by atoms with Gasteiger partial charge < -0.3 is 9.84 Å². The van der Waals surface area contributed by atoms with Crippen molar-refractivity contribution in [3.8, 4) is 5.75 Å². The third-order valence-corrected chi connectivity index (χ3v) is 4.94. The molecular formula is C14H21NO4S. The Kier molecular flexibility index (Phi) is 5.01. The van der Waals surface area contributed by atoms with Gasteiger partial charge >= 0.3 is 0 Å². The molecule has 0 radical (unpaired) electrons. The van der Waals surface area contributed by atoms with Gasteiger partial charge in [-0.25, -0.2) is 13.1 Å². The largest absolute Gasteiger partial charge is 0.494 e. The molecule has 0 atom stereocenters. The second-order valence-electron chi connectivity index (χ2n) is 5.29. The average Bonchev–Trinajstić information content (AvgIpc) is 2.38. The van der Waals surface area contributed by atoms with Crippen LogP contribution >= 0.6 is 0 Å². The van der Waals surface area contributed by atoms with Gasteiger partial charge in [-0.1, -0.05) is 6.92 Å². The van der Waals surface area contributed by atoms with Gasteiger partial charge in [-0.15, -0.1) is 0 Å². The van der Waals surface area contributed by atoms with Gasteiger partial charge in [0.25, 0.3) is 0 Å². The highest BCUT2D eigenvalue weighted by Crippen LogP contribution is 2.28.